The first-order valence-corrected chi connectivity index (χ1v) is 8.95. The highest BCUT2D eigenvalue weighted by Crippen LogP contribution is 2.41. The average molecular weight is 382 g/mol. The number of hydrogen-bond donors (Lipinski definition) is 1. The van der Waals surface area contributed by atoms with E-state index in [1.807, 2.05) is 51.1 Å². The van der Waals surface area contributed by atoms with Crippen LogP contribution in [0.5, 0.6) is 11.5 Å². The molecule has 1 N–H and O–H groups in total. The van der Waals surface area contributed by atoms with Crippen LogP contribution in [0, 0.1) is 0 Å². The van der Waals surface area contributed by atoms with Crippen LogP contribution >= 0.6 is 0 Å². The van der Waals surface area contributed by atoms with Crippen LogP contribution in [0.1, 0.15) is 40.2 Å². The molecule has 0 aliphatic carbocycles. The first kappa shape index (κ1) is 21.2. The number of azo groups is 1. The lowest BCUT2D eigenvalue weighted by Gasteiger charge is -2.23. The highest BCUT2D eigenvalue weighted by Gasteiger charge is 2.23. The third-order valence-electron chi connectivity index (χ3n) is 3.82. The zero-order valence-electron chi connectivity index (χ0n) is 16.9. The maximum Gasteiger partial charge on any atom is 0.336 e. The van der Waals surface area contributed by atoms with Gasteiger partial charge in [0.15, 0.2) is 0 Å². The molecule has 0 aromatic heterocycles. The van der Waals surface area contributed by atoms with Gasteiger partial charge >= 0.3 is 5.97 Å². The summed E-state index contributed by atoms with van der Waals surface area (Å²) in [6.45, 7) is 12.6. The lowest BCUT2D eigenvalue weighted by Crippen LogP contribution is -2.21. The van der Waals surface area contributed by atoms with E-state index < -0.39 is 12.3 Å². The number of carbonyl (C=O) groups excluding carboxylic acids is 1. The molecule has 2 aromatic carbocycles. The Morgan fingerprint density at radius 3 is 2.36 bits per heavy atom. The standard InChI is InChI=1S/C22H26N2O4/c1-14(2)21(26)28-15(3)27-17-12-18(22(4,5)6)20(25)19(13-17)24-23-16-10-8-7-9-11-16/h7-13,15,25H,1H2,2-6H3. The molecule has 0 saturated carbocycles. The first-order chi connectivity index (χ1) is 13.1. The van der Waals surface area contributed by atoms with Gasteiger partial charge in [-0.15, -0.1) is 5.11 Å². The molecule has 2 aromatic rings. The van der Waals surface area contributed by atoms with Crippen molar-refractivity contribution in [2.45, 2.75) is 46.3 Å². The van der Waals surface area contributed by atoms with E-state index in [1.165, 1.54) is 0 Å². The smallest absolute Gasteiger partial charge is 0.336 e. The molecule has 0 radical (unpaired) electrons. The molecule has 6 nitrogen and oxygen atoms in total. The number of hydrogen-bond acceptors (Lipinski definition) is 6. The average Bonchev–Trinajstić information content (AvgIpc) is 2.61. The van der Waals surface area contributed by atoms with E-state index in [0.717, 1.165) is 0 Å². The van der Waals surface area contributed by atoms with Crippen LogP contribution in [0.3, 0.4) is 0 Å². The van der Waals surface area contributed by atoms with Gasteiger partial charge in [-0.2, -0.15) is 5.11 Å². The summed E-state index contributed by atoms with van der Waals surface area (Å²) in [5, 5.41) is 19.0. The number of ether oxygens (including phenoxy) is 2. The summed E-state index contributed by atoms with van der Waals surface area (Å²) in [5.74, 6) is -0.0934. The minimum absolute atomic E-state index is 0.0334. The number of benzene rings is 2. The monoisotopic (exact) mass is 382 g/mol. The number of nitrogens with zero attached hydrogens (tertiary/aromatic N) is 2. The maximum absolute atomic E-state index is 11.7. The molecular formula is C22H26N2O4. The second kappa shape index (κ2) is 8.69. The van der Waals surface area contributed by atoms with E-state index >= 15 is 0 Å². The minimum atomic E-state index is -0.833. The van der Waals surface area contributed by atoms with E-state index in [1.54, 1.807) is 26.0 Å². The Kier molecular flexibility index (Phi) is 6.57. The second-order valence-electron chi connectivity index (χ2n) is 7.50. The van der Waals surface area contributed by atoms with Crippen LogP contribution in [0.15, 0.2) is 64.8 Å². The molecule has 1 unspecified atom stereocenters. The van der Waals surface area contributed by atoms with Crippen molar-refractivity contribution in [3.63, 3.8) is 0 Å². The predicted octanol–water partition coefficient (Wildman–Crippen LogP) is 5.95. The Balaban J connectivity index is 2.36. The van der Waals surface area contributed by atoms with Crippen molar-refractivity contribution in [2.24, 2.45) is 10.2 Å². The summed E-state index contributed by atoms with van der Waals surface area (Å²) < 4.78 is 10.9. The summed E-state index contributed by atoms with van der Waals surface area (Å²) in [7, 11) is 0. The summed E-state index contributed by atoms with van der Waals surface area (Å²) in [4.78, 5) is 11.7. The Labute approximate surface area is 165 Å². The molecule has 0 aliphatic rings. The van der Waals surface area contributed by atoms with Gasteiger partial charge in [-0.25, -0.2) is 4.79 Å². The molecule has 148 valence electrons. The van der Waals surface area contributed by atoms with Crippen molar-refractivity contribution >= 4 is 17.3 Å². The fraction of sp³-hybridized carbons (Fsp3) is 0.318. The van der Waals surface area contributed by atoms with Gasteiger partial charge in [-0.1, -0.05) is 45.5 Å². The molecule has 0 fully saturated rings. The van der Waals surface area contributed by atoms with Crippen LogP contribution in [0.4, 0.5) is 11.4 Å². The molecule has 0 amide bonds. The van der Waals surface area contributed by atoms with Gasteiger partial charge in [0.05, 0.1) is 5.69 Å². The number of phenols is 1. The summed E-state index contributed by atoms with van der Waals surface area (Å²) in [6, 6.07) is 12.5. The van der Waals surface area contributed by atoms with Gasteiger partial charge in [-0.05, 0) is 30.5 Å². The Hall–Kier alpha value is -3.15. The van der Waals surface area contributed by atoms with Crippen molar-refractivity contribution in [3.05, 3.63) is 60.2 Å². The van der Waals surface area contributed by atoms with Gasteiger partial charge in [0.2, 0.25) is 6.29 Å². The number of esters is 1. The molecule has 0 aliphatic heterocycles. The Morgan fingerprint density at radius 2 is 1.79 bits per heavy atom. The quantitative estimate of drug-likeness (QED) is 0.290. The van der Waals surface area contributed by atoms with Gasteiger partial charge in [0, 0.05) is 24.1 Å². The molecule has 0 heterocycles. The molecule has 1 atom stereocenters. The van der Waals surface area contributed by atoms with Crippen molar-refractivity contribution in [2.75, 3.05) is 0 Å². The summed E-state index contributed by atoms with van der Waals surface area (Å²) in [6.07, 6.45) is -0.833. The second-order valence-corrected chi connectivity index (χ2v) is 7.50. The van der Waals surface area contributed by atoms with Gasteiger partial charge < -0.3 is 14.6 Å². The molecule has 0 spiro atoms. The third kappa shape index (κ3) is 5.67. The number of phenolic OH excluding ortho intramolecular Hbond substituents is 1. The van der Waals surface area contributed by atoms with E-state index in [2.05, 4.69) is 16.8 Å². The Morgan fingerprint density at radius 1 is 1.14 bits per heavy atom. The topological polar surface area (TPSA) is 80.5 Å². The van der Waals surface area contributed by atoms with Crippen LogP contribution < -0.4 is 4.74 Å². The summed E-state index contributed by atoms with van der Waals surface area (Å²) >= 11 is 0. The van der Waals surface area contributed by atoms with E-state index in [-0.39, 0.29) is 22.4 Å². The fourth-order valence-electron chi connectivity index (χ4n) is 2.38. The van der Waals surface area contributed by atoms with Crippen LogP contribution in [-0.4, -0.2) is 17.4 Å². The lowest BCUT2D eigenvalue weighted by atomic mass is 9.86. The molecule has 0 bridgehead atoms. The zero-order valence-corrected chi connectivity index (χ0v) is 16.9. The molecule has 2 rings (SSSR count). The summed E-state index contributed by atoms with van der Waals surface area (Å²) in [5.41, 5.74) is 1.50. The lowest BCUT2D eigenvalue weighted by molar-refractivity contribution is -0.156. The molecule has 28 heavy (non-hydrogen) atoms. The van der Waals surface area contributed by atoms with Gasteiger partial charge in [-0.3, -0.25) is 0 Å². The normalized spacial score (nSPS) is 12.6. The van der Waals surface area contributed by atoms with Crippen molar-refractivity contribution in [3.8, 4) is 11.5 Å². The van der Waals surface area contributed by atoms with E-state index in [0.29, 0.717) is 17.0 Å². The molecule has 6 heteroatoms. The van der Waals surface area contributed by atoms with Gasteiger partial charge in [0.1, 0.15) is 17.2 Å². The molecular weight excluding hydrogens is 356 g/mol. The van der Waals surface area contributed by atoms with Crippen molar-refractivity contribution in [1.29, 1.82) is 0 Å². The largest absolute Gasteiger partial charge is 0.505 e. The first-order valence-electron chi connectivity index (χ1n) is 8.95. The fourth-order valence-corrected chi connectivity index (χ4v) is 2.38. The minimum Gasteiger partial charge on any atom is -0.505 e. The van der Waals surface area contributed by atoms with Crippen LogP contribution in [-0.2, 0) is 14.9 Å². The number of aromatic hydroxyl groups is 1. The number of carbonyl (C=O) groups is 1. The maximum atomic E-state index is 11.7. The number of rotatable bonds is 6. The van der Waals surface area contributed by atoms with Crippen molar-refractivity contribution in [1.82, 2.24) is 0 Å². The predicted molar refractivity (Wildman–Crippen MR) is 108 cm³/mol. The molecule has 0 saturated heterocycles. The Bertz CT molecular complexity index is 883. The van der Waals surface area contributed by atoms with Gasteiger partial charge in [0.25, 0.3) is 0 Å². The SMILES string of the molecule is C=C(C)C(=O)OC(C)Oc1cc(N=Nc2ccccc2)c(O)c(C(C)(C)C)c1. The van der Waals surface area contributed by atoms with Crippen molar-refractivity contribution < 1.29 is 19.4 Å². The zero-order chi connectivity index (χ0) is 20.9. The van der Waals surface area contributed by atoms with E-state index in [4.69, 9.17) is 9.47 Å². The van der Waals surface area contributed by atoms with Crippen LogP contribution in [0.2, 0.25) is 0 Å². The van der Waals surface area contributed by atoms with E-state index in [9.17, 15) is 9.90 Å². The van der Waals surface area contributed by atoms with Crippen LogP contribution in [0.25, 0.3) is 0 Å². The highest BCUT2D eigenvalue weighted by molar-refractivity contribution is 5.87. The third-order valence-corrected chi connectivity index (χ3v) is 3.82. The highest BCUT2D eigenvalue weighted by atomic mass is 16.7.